The number of aryl methyl sites for hydroxylation is 2. The van der Waals surface area contributed by atoms with Crippen molar-refractivity contribution in [3.05, 3.63) is 69.0 Å². The van der Waals surface area contributed by atoms with E-state index in [4.69, 9.17) is 9.72 Å². The number of fused-ring (bicyclic) bond motifs is 1. The molecule has 1 heterocycles. The number of rotatable bonds is 8. The SMILES string of the molecule is COCCn1c(SCc2cc(C)ccc2C)nc2cc(C(=O)NC(C)C)ccc2c1=O. The van der Waals surface area contributed by atoms with Crippen LogP contribution >= 0.6 is 11.8 Å². The molecule has 3 rings (SSSR count). The van der Waals surface area contributed by atoms with E-state index in [1.54, 1.807) is 29.9 Å². The topological polar surface area (TPSA) is 73.2 Å². The first-order valence-corrected chi connectivity index (χ1v) is 11.3. The molecule has 164 valence electrons. The predicted octanol–water partition coefficient (Wildman–Crippen LogP) is 4.09. The van der Waals surface area contributed by atoms with Gasteiger partial charge in [-0.2, -0.15) is 0 Å². The van der Waals surface area contributed by atoms with Gasteiger partial charge in [0.2, 0.25) is 0 Å². The van der Waals surface area contributed by atoms with Crippen LogP contribution in [0.15, 0.2) is 46.3 Å². The first-order valence-electron chi connectivity index (χ1n) is 10.3. The second kappa shape index (κ2) is 10.1. The van der Waals surface area contributed by atoms with Gasteiger partial charge >= 0.3 is 0 Å². The summed E-state index contributed by atoms with van der Waals surface area (Å²) in [4.78, 5) is 30.4. The number of hydrogen-bond donors (Lipinski definition) is 1. The zero-order valence-electron chi connectivity index (χ0n) is 18.7. The van der Waals surface area contributed by atoms with Gasteiger partial charge in [0.05, 0.1) is 24.1 Å². The van der Waals surface area contributed by atoms with E-state index in [1.807, 2.05) is 13.8 Å². The molecule has 0 aliphatic rings. The zero-order chi connectivity index (χ0) is 22.5. The quantitative estimate of drug-likeness (QED) is 0.423. The summed E-state index contributed by atoms with van der Waals surface area (Å²) in [6.45, 7) is 8.81. The molecule has 0 radical (unpaired) electrons. The smallest absolute Gasteiger partial charge is 0.262 e. The van der Waals surface area contributed by atoms with Crippen molar-refractivity contribution in [2.45, 2.75) is 51.2 Å². The lowest BCUT2D eigenvalue weighted by molar-refractivity contribution is 0.0943. The summed E-state index contributed by atoms with van der Waals surface area (Å²) < 4.78 is 6.87. The number of nitrogens with one attached hydrogen (secondary N) is 1. The summed E-state index contributed by atoms with van der Waals surface area (Å²) in [5.74, 6) is 0.526. The third kappa shape index (κ3) is 5.54. The second-order valence-electron chi connectivity index (χ2n) is 7.92. The zero-order valence-corrected chi connectivity index (χ0v) is 19.5. The van der Waals surface area contributed by atoms with E-state index in [9.17, 15) is 9.59 Å². The Bertz CT molecular complexity index is 1150. The summed E-state index contributed by atoms with van der Waals surface area (Å²) in [6.07, 6.45) is 0. The molecule has 6 nitrogen and oxygen atoms in total. The Hall–Kier alpha value is -2.64. The van der Waals surface area contributed by atoms with Crippen LogP contribution in [0.3, 0.4) is 0 Å². The molecule has 0 aliphatic heterocycles. The lowest BCUT2D eigenvalue weighted by Crippen LogP contribution is -2.30. The number of carbonyl (C=O) groups is 1. The monoisotopic (exact) mass is 439 g/mol. The van der Waals surface area contributed by atoms with Crippen molar-refractivity contribution in [2.24, 2.45) is 0 Å². The standard InChI is InChI=1S/C24H29N3O3S/c1-15(2)25-22(28)18-8-9-20-21(13-18)26-24(27(23(20)29)10-11-30-5)31-14-19-12-16(3)6-7-17(19)4/h6-9,12-13,15H,10-11,14H2,1-5H3,(H,25,28). The number of carbonyl (C=O) groups excluding carboxylic acids is 1. The molecule has 0 unspecified atom stereocenters. The summed E-state index contributed by atoms with van der Waals surface area (Å²) in [5, 5.41) is 3.99. The van der Waals surface area contributed by atoms with Crippen LogP contribution in [-0.2, 0) is 17.0 Å². The van der Waals surface area contributed by atoms with Crippen LogP contribution in [0.5, 0.6) is 0 Å². The van der Waals surface area contributed by atoms with Gasteiger partial charge in [-0.1, -0.05) is 35.5 Å². The van der Waals surface area contributed by atoms with Crippen LogP contribution in [0.2, 0.25) is 0 Å². The van der Waals surface area contributed by atoms with Crippen molar-refractivity contribution >= 4 is 28.6 Å². The molecule has 1 aromatic heterocycles. The predicted molar refractivity (Wildman–Crippen MR) is 126 cm³/mol. The van der Waals surface area contributed by atoms with Gasteiger partial charge in [-0.3, -0.25) is 14.2 Å². The Morgan fingerprint density at radius 3 is 2.68 bits per heavy atom. The largest absolute Gasteiger partial charge is 0.383 e. The van der Waals surface area contributed by atoms with Gasteiger partial charge in [0.25, 0.3) is 11.5 Å². The number of thioether (sulfide) groups is 1. The van der Waals surface area contributed by atoms with Gasteiger partial charge in [0.1, 0.15) is 0 Å². The number of amides is 1. The van der Waals surface area contributed by atoms with Crippen LogP contribution < -0.4 is 10.9 Å². The maximum atomic E-state index is 13.2. The molecule has 31 heavy (non-hydrogen) atoms. The van der Waals surface area contributed by atoms with E-state index >= 15 is 0 Å². The van der Waals surface area contributed by atoms with Gasteiger partial charge < -0.3 is 10.1 Å². The van der Waals surface area contributed by atoms with Gasteiger partial charge in [0, 0.05) is 24.5 Å². The highest BCUT2D eigenvalue weighted by Crippen LogP contribution is 2.25. The van der Waals surface area contributed by atoms with Crippen molar-refractivity contribution in [3.63, 3.8) is 0 Å². The molecular weight excluding hydrogens is 410 g/mol. The minimum atomic E-state index is -0.174. The Labute approximate surface area is 187 Å². The molecule has 3 aromatic rings. The van der Waals surface area contributed by atoms with Crippen LogP contribution in [0.25, 0.3) is 10.9 Å². The number of benzene rings is 2. The molecule has 1 amide bonds. The highest BCUT2D eigenvalue weighted by molar-refractivity contribution is 7.98. The number of ether oxygens (including phenoxy) is 1. The van der Waals surface area contributed by atoms with Crippen LogP contribution in [0.4, 0.5) is 0 Å². The van der Waals surface area contributed by atoms with Crippen molar-refractivity contribution < 1.29 is 9.53 Å². The molecule has 1 N–H and O–H groups in total. The number of methoxy groups -OCH3 is 1. The maximum Gasteiger partial charge on any atom is 0.262 e. The first-order chi connectivity index (χ1) is 14.8. The average Bonchev–Trinajstić information content (AvgIpc) is 2.73. The summed E-state index contributed by atoms with van der Waals surface area (Å²) in [6, 6.07) is 11.4. The fourth-order valence-electron chi connectivity index (χ4n) is 3.28. The van der Waals surface area contributed by atoms with Crippen molar-refractivity contribution in [3.8, 4) is 0 Å². The van der Waals surface area contributed by atoms with Gasteiger partial charge in [-0.25, -0.2) is 4.98 Å². The molecule has 0 spiro atoms. The maximum absolute atomic E-state index is 13.2. The Kier molecular flexibility index (Phi) is 7.51. The number of aromatic nitrogens is 2. The molecule has 0 saturated carbocycles. The molecule has 0 bridgehead atoms. The lowest BCUT2D eigenvalue weighted by Gasteiger charge is -2.14. The lowest BCUT2D eigenvalue weighted by atomic mass is 10.1. The highest BCUT2D eigenvalue weighted by Gasteiger charge is 2.15. The Morgan fingerprint density at radius 1 is 1.19 bits per heavy atom. The second-order valence-corrected chi connectivity index (χ2v) is 8.87. The van der Waals surface area contributed by atoms with E-state index < -0.39 is 0 Å². The minimum Gasteiger partial charge on any atom is -0.383 e. The first kappa shape index (κ1) is 23.0. The highest BCUT2D eigenvalue weighted by atomic mass is 32.2. The summed E-state index contributed by atoms with van der Waals surface area (Å²) in [5.41, 5.74) is 4.51. The molecule has 2 aromatic carbocycles. The molecular formula is C24H29N3O3S. The third-order valence-corrected chi connectivity index (χ3v) is 6.01. The normalized spacial score (nSPS) is 11.3. The van der Waals surface area contributed by atoms with Gasteiger partial charge in [-0.15, -0.1) is 0 Å². The minimum absolute atomic E-state index is 0.0295. The van der Waals surface area contributed by atoms with Crippen LogP contribution in [-0.4, -0.2) is 35.2 Å². The van der Waals surface area contributed by atoms with E-state index in [0.717, 1.165) is 0 Å². The van der Waals surface area contributed by atoms with Crippen molar-refractivity contribution in [1.29, 1.82) is 0 Å². The van der Waals surface area contributed by atoms with Gasteiger partial charge in [0.15, 0.2) is 5.16 Å². The molecule has 0 saturated heterocycles. The van der Waals surface area contributed by atoms with Gasteiger partial charge in [-0.05, 0) is 57.0 Å². The summed E-state index contributed by atoms with van der Waals surface area (Å²) >= 11 is 1.52. The molecule has 0 fully saturated rings. The van der Waals surface area contributed by atoms with E-state index in [-0.39, 0.29) is 17.5 Å². The summed E-state index contributed by atoms with van der Waals surface area (Å²) in [7, 11) is 1.61. The molecule has 0 atom stereocenters. The molecule has 0 aliphatic carbocycles. The van der Waals surface area contributed by atoms with E-state index in [0.29, 0.717) is 40.5 Å². The third-order valence-electron chi connectivity index (χ3n) is 4.98. The average molecular weight is 440 g/mol. The molecule has 7 heteroatoms. The van der Waals surface area contributed by atoms with Crippen LogP contribution in [0.1, 0.15) is 40.9 Å². The van der Waals surface area contributed by atoms with E-state index in [1.165, 1.54) is 28.5 Å². The number of hydrogen-bond acceptors (Lipinski definition) is 5. The Balaban J connectivity index is 2.02. The Morgan fingerprint density at radius 2 is 1.97 bits per heavy atom. The number of nitrogens with zero attached hydrogens (tertiary/aromatic N) is 2. The van der Waals surface area contributed by atoms with Crippen molar-refractivity contribution in [1.82, 2.24) is 14.9 Å². The fourth-order valence-corrected chi connectivity index (χ4v) is 4.36. The van der Waals surface area contributed by atoms with E-state index in [2.05, 4.69) is 37.4 Å². The van der Waals surface area contributed by atoms with Crippen molar-refractivity contribution in [2.75, 3.05) is 13.7 Å². The fraction of sp³-hybridized carbons (Fsp3) is 0.375. The van der Waals surface area contributed by atoms with Crippen LogP contribution in [0, 0.1) is 13.8 Å².